The van der Waals surface area contributed by atoms with Gasteiger partial charge in [-0.25, -0.2) is 0 Å². The summed E-state index contributed by atoms with van der Waals surface area (Å²) in [6, 6.07) is 0. The highest BCUT2D eigenvalue weighted by molar-refractivity contribution is 5.22. The summed E-state index contributed by atoms with van der Waals surface area (Å²) < 4.78 is 37.0. The van der Waals surface area contributed by atoms with Gasteiger partial charge in [-0.05, 0) is 117 Å². The van der Waals surface area contributed by atoms with E-state index in [0.29, 0.717) is 51.4 Å². The van der Waals surface area contributed by atoms with Crippen LogP contribution in [0.15, 0.2) is 11.6 Å². The summed E-state index contributed by atoms with van der Waals surface area (Å²) in [5.41, 5.74) is -2.29. The van der Waals surface area contributed by atoms with Crippen molar-refractivity contribution in [2.75, 3.05) is 19.8 Å². The van der Waals surface area contributed by atoms with Crippen LogP contribution in [-0.4, -0.2) is 191 Å². The summed E-state index contributed by atoms with van der Waals surface area (Å²) in [5, 5.41) is 131. The molecule has 25 unspecified atom stereocenters. The van der Waals surface area contributed by atoms with Gasteiger partial charge in [-0.2, -0.15) is 0 Å². The van der Waals surface area contributed by atoms with E-state index in [1.807, 2.05) is 34.6 Å². The molecule has 376 valence electrons. The van der Waals surface area contributed by atoms with E-state index in [-0.39, 0.29) is 30.3 Å². The molecule has 65 heavy (non-hydrogen) atoms. The van der Waals surface area contributed by atoms with Gasteiger partial charge in [0.25, 0.3) is 0 Å². The fraction of sp³-hybridized carbons (Fsp3) is 0.957. The van der Waals surface area contributed by atoms with Crippen molar-refractivity contribution < 1.29 is 89.7 Å². The van der Waals surface area contributed by atoms with Crippen molar-refractivity contribution in [3.05, 3.63) is 11.6 Å². The topological polar surface area (TPSA) is 298 Å². The third-order valence-corrected chi connectivity index (χ3v) is 18.3. The number of fused-ring (bicyclic) bond motifs is 5. The Morgan fingerprint density at radius 1 is 0.708 bits per heavy atom. The van der Waals surface area contributed by atoms with Gasteiger partial charge in [0.05, 0.1) is 43.7 Å². The Hall–Kier alpha value is -0.980. The number of ether oxygens (including phenoxy) is 6. The standard InChI is InChI=1S/C47H80O18/c1-21(2)10-9-13-47(8,65-42-38(59)34(55)32(53)26(18-48)63-42)22-11-15-45(6)30(22)23(49)16-28-44(5)14-12-29(51)43(3,4)39(44)25(17-46(28,45)7)62-41-37(58)35(56)33(54)27(64-41)20-61-40-36(57)31(52)24(50)19-60-40/h10,22-42,48-59H,9,11-20H2,1-8H3. The Labute approximate surface area is 382 Å². The van der Waals surface area contributed by atoms with Gasteiger partial charge in [0.15, 0.2) is 18.9 Å². The molecule has 7 fully saturated rings. The molecule has 25 atom stereocenters. The average molecular weight is 933 g/mol. The molecule has 18 nitrogen and oxygen atoms in total. The summed E-state index contributed by atoms with van der Waals surface area (Å²) in [5.74, 6) is -1.03. The van der Waals surface area contributed by atoms with E-state index in [9.17, 15) is 61.3 Å². The maximum atomic E-state index is 12.7. The molecule has 12 N–H and O–H groups in total. The molecule has 3 heterocycles. The molecule has 4 aliphatic carbocycles. The van der Waals surface area contributed by atoms with E-state index in [4.69, 9.17) is 28.4 Å². The Morgan fingerprint density at radius 3 is 1.97 bits per heavy atom. The fourth-order valence-electron chi connectivity index (χ4n) is 14.6. The molecule has 7 aliphatic rings. The van der Waals surface area contributed by atoms with Crippen molar-refractivity contribution in [1.29, 1.82) is 0 Å². The third kappa shape index (κ3) is 8.83. The number of allylic oxidation sites excluding steroid dienone is 2. The van der Waals surface area contributed by atoms with Crippen LogP contribution in [-0.2, 0) is 28.4 Å². The minimum absolute atomic E-state index is 0.0635. The number of hydrogen-bond donors (Lipinski definition) is 12. The first-order valence-electron chi connectivity index (χ1n) is 23.9. The lowest BCUT2D eigenvalue weighted by molar-refractivity contribution is -0.354. The minimum atomic E-state index is -1.73. The van der Waals surface area contributed by atoms with Crippen molar-refractivity contribution in [3.8, 4) is 0 Å². The second-order valence-electron chi connectivity index (χ2n) is 22.6. The van der Waals surface area contributed by atoms with Crippen LogP contribution in [0.2, 0.25) is 0 Å². The van der Waals surface area contributed by atoms with Gasteiger partial charge in [-0.3, -0.25) is 0 Å². The second-order valence-corrected chi connectivity index (χ2v) is 22.6. The number of rotatable bonds is 12. The summed E-state index contributed by atoms with van der Waals surface area (Å²) in [4.78, 5) is 0. The summed E-state index contributed by atoms with van der Waals surface area (Å²) in [6.45, 7) is 15.3. The van der Waals surface area contributed by atoms with Crippen LogP contribution in [0.1, 0.15) is 107 Å². The molecule has 3 saturated heterocycles. The maximum Gasteiger partial charge on any atom is 0.187 e. The Bertz CT molecular complexity index is 1660. The second kappa shape index (κ2) is 19.0. The lowest BCUT2D eigenvalue weighted by Gasteiger charge is -2.72. The first-order chi connectivity index (χ1) is 30.3. The highest BCUT2D eigenvalue weighted by atomic mass is 16.7. The van der Waals surface area contributed by atoms with E-state index in [1.54, 1.807) is 0 Å². The number of hydrogen-bond acceptors (Lipinski definition) is 18. The molecule has 0 aromatic carbocycles. The summed E-state index contributed by atoms with van der Waals surface area (Å²) >= 11 is 0. The molecular weight excluding hydrogens is 852 g/mol. The summed E-state index contributed by atoms with van der Waals surface area (Å²) in [6.07, 6.45) is -16.7. The first-order valence-corrected chi connectivity index (χ1v) is 23.9. The van der Waals surface area contributed by atoms with Gasteiger partial charge >= 0.3 is 0 Å². The van der Waals surface area contributed by atoms with E-state index in [1.165, 1.54) is 0 Å². The number of aliphatic hydroxyl groups excluding tert-OH is 12. The van der Waals surface area contributed by atoms with Gasteiger partial charge in [0.2, 0.25) is 0 Å². The Kier molecular flexibility index (Phi) is 15.1. The lowest BCUT2D eigenvalue weighted by Crippen LogP contribution is -2.71. The predicted octanol–water partition coefficient (Wildman–Crippen LogP) is -0.417. The highest BCUT2D eigenvalue weighted by Gasteiger charge is 2.74. The lowest BCUT2D eigenvalue weighted by atomic mass is 9.34. The molecule has 7 rings (SSSR count). The minimum Gasteiger partial charge on any atom is -0.394 e. The quantitative estimate of drug-likeness (QED) is 0.0874. The van der Waals surface area contributed by atoms with Crippen molar-refractivity contribution in [3.63, 3.8) is 0 Å². The maximum absolute atomic E-state index is 12.7. The molecule has 4 saturated carbocycles. The zero-order valence-electron chi connectivity index (χ0n) is 39.3. The van der Waals surface area contributed by atoms with Gasteiger partial charge < -0.3 is 89.7 Å². The number of aliphatic hydroxyl groups is 12. The van der Waals surface area contributed by atoms with E-state index in [0.717, 1.165) is 5.57 Å². The van der Waals surface area contributed by atoms with Crippen molar-refractivity contribution >= 4 is 0 Å². The molecule has 0 radical (unpaired) electrons. The van der Waals surface area contributed by atoms with Crippen LogP contribution in [0.25, 0.3) is 0 Å². The van der Waals surface area contributed by atoms with E-state index < -0.39 is 145 Å². The molecule has 0 spiro atoms. The van der Waals surface area contributed by atoms with Gasteiger partial charge in [0, 0.05) is 0 Å². The van der Waals surface area contributed by atoms with E-state index in [2.05, 4.69) is 26.8 Å². The van der Waals surface area contributed by atoms with Gasteiger partial charge in [-0.1, -0.05) is 46.3 Å². The molecule has 0 aromatic rings. The monoisotopic (exact) mass is 933 g/mol. The molecule has 18 heteroatoms. The molecule has 3 aliphatic heterocycles. The average Bonchev–Trinajstić information content (AvgIpc) is 3.63. The summed E-state index contributed by atoms with van der Waals surface area (Å²) in [7, 11) is 0. The first kappa shape index (κ1) is 51.9. The van der Waals surface area contributed by atoms with Crippen molar-refractivity contribution in [2.24, 2.45) is 45.3 Å². The smallest absolute Gasteiger partial charge is 0.187 e. The van der Waals surface area contributed by atoms with Gasteiger partial charge in [0.1, 0.15) is 67.1 Å². The van der Waals surface area contributed by atoms with E-state index >= 15 is 0 Å². The Morgan fingerprint density at radius 2 is 1.32 bits per heavy atom. The van der Waals surface area contributed by atoms with Crippen molar-refractivity contribution in [1.82, 2.24) is 0 Å². The highest BCUT2D eigenvalue weighted by Crippen LogP contribution is 2.76. The van der Waals surface area contributed by atoms with Gasteiger partial charge in [-0.15, -0.1) is 0 Å². The normalized spacial score (nSPS) is 53.0. The molecule has 0 bridgehead atoms. The third-order valence-electron chi connectivity index (χ3n) is 18.3. The van der Waals surface area contributed by atoms with Crippen LogP contribution in [0.3, 0.4) is 0 Å². The van der Waals surface area contributed by atoms with Crippen LogP contribution in [0, 0.1) is 45.3 Å². The van der Waals surface area contributed by atoms with Crippen LogP contribution >= 0.6 is 0 Å². The molecule has 0 amide bonds. The zero-order valence-corrected chi connectivity index (χ0v) is 39.3. The molecule has 0 aromatic heterocycles. The SMILES string of the molecule is CC(C)=CCCC(C)(OC1OC(CO)C(O)C(O)C1O)C1CCC2(C)C1C(O)CC1C3(C)CCC(O)C(C)(C)C3C(OC3OC(COC4OCC(O)C(O)C4O)C(O)C(O)C3O)CC12C. The predicted molar refractivity (Wildman–Crippen MR) is 229 cm³/mol. The van der Waals surface area contributed by atoms with Crippen molar-refractivity contribution in [2.45, 2.75) is 217 Å². The fourth-order valence-corrected chi connectivity index (χ4v) is 14.6. The largest absolute Gasteiger partial charge is 0.394 e. The zero-order chi connectivity index (χ0) is 47.9. The Balaban J connectivity index is 1.21. The van der Waals surface area contributed by atoms with Crippen LogP contribution in [0.5, 0.6) is 0 Å². The van der Waals surface area contributed by atoms with Crippen LogP contribution < -0.4 is 0 Å². The molecular formula is C47H80O18. The van der Waals surface area contributed by atoms with Crippen LogP contribution in [0.4, 0.5) is 0 Å².